The summed E-state index contributed by atoms with van der Waals surface area (Å²) >= 11 is 0. The van der Waals surface area contributed by atoms with Gasteiger partial charge in [0.25, 0.3) is 5.91 Å². The molecule has 1 aliphatic rings. The highest BCUT2D eigenvalue weighted by molar-refractivity contribution is 5.93. The summed E-state index contributed by atoms with van der Waals surface area (Å²) < 4.78 is 5.87. The number of hydrogen-bond donors (Lipinski definition) is 1. The summed E-state index contributed by atoms with van der Waals surface area (Å²) in [5.41, 5.74) is 1.91. The van der Waals surface area contributed by atoms with Crippen molar-refractivity contribution >= 4 is 17.5 Å². The minimum absolute atomic E-state index is 0.000468. The van der Waals surface area contributed by atoms with Gasteiger partial charge in [0.15, 0.2) is 6.61 Å². The van der Waals surface area contributed by atoms with Crippen LogP contribution in [0.15, 0.2) is 54.6 Å². The van der Waals surface area contributed by atoms with E-state index in [0.29, 0.717) is 19.0 Å². The summed E-state index contributed by atoms with van der Waals surface area (Å²) in [5, 5.41) is 2.95. The van der Waals surface area contributed by atoms with Gasteiger partial charge in [0.05, 0.1) is 5.92 Å². The highest BCUT2D eigenvalue weighted by atomic mass is 16.5. The second kappa shape index (κ2) is 10.1. The fraction of sp³-hybridized carbons (Fsp3) is 0.417. The number of anilines is 1. The van der Waals surface area contributed by atoms with Crippen LogP contribution in [0.3, 0.4) is 0 Å². The smallest absolute Gasteiger partial charge is 0.260 e. The van der Waals surface area contributed by atoms with Gasteiger partial charge < -0.3 is 15.0 Å². The van der Waals surface area contributed by atoms with Crippen LogP contribution in [0.2, 0.25) is 0 Å². The largest absolute Gasteiger partial charge is 0.483 e. The SMILES string of the molecule is CCC(C)c1ccccc1OCC(=O)N1CCCC(C(=O)Nc2ccccc2)C1. The van der Waals surface area contributed by atoms with Gasteiger partial charge in [-0.05, 0) is 48.9 Å². The number of hydrogen-bond acceptors (Lipinski definition) is 3. The summed E-state index contributed by atoms with van der Waals surface area (Å²) in [7, 11) is 0. The Balaban J connectivity index is 1.55. The van der Waals surface area contributed by atoms with E-state index in [0.717, 1.165) is 36.3 Å². The van der Waals surface area contributed by atoms with Gasteiger partial charge in [-0.2, -0.15) is 0 Å². The molecule has 29 heavy (non-hydrogen) atoms. The third-order valence-corrected chi connectivity index (χ3v) is 5.60. The topological polar surface area (TPSA) is 58.6 Å². The first-order valence-corrected chi connectivity index (χ1v) is 10.4. The number of nitrogens with one attached hydrogen (secondary N) is 1. The molecule has 2 aromatic carbocycles. The Hall–Kier alpha value is -2.82. The summed E-state index contributed by atoms with van der Waals surface area (Å²) in [6.07, 6.45) is 2.63. The number of para-hydroxylation sites is 2. The predicted molar refractivity (Wildman–Crippen MR) is 115 cm³/mol. The standard InChI is InChI=1S/C24H30N2O3/c1-3-18(2)21-13-7-8-14-22(21)29-17-23(27)26-15-9-10-19(16-26)24(28)25-20-11-5-4-6-12-20/h4-8,11-14,18-19H,3,9-10,15-17H2,1-2H3,(H,25,28). The quantitative estimate of drug-likeness (QED) is 0.754. The lowest BCUT2D eigenvalue weighted by Gasteiger charge is -2.32. The Morgan fingerprint density at radius 3 is 2.62 bits per heavy atom. The fourth-order valence-corrected chi connectivity index (χ4v) is 3.65. The minimum Gasteiger partial charge on any atom is -0.483 e. The van der Waals surface area contributed by atoms with Gasteiger partial charge in [-0.15, -0.1) is 0 Å². The van der Waals surface area contributed by atoms with Crippen LogP contribution >= 0.6 is 0 Å². The first kappa shape index (κ1) is 20.9. The summed E-state index contributed by atoms with van der Waals surface area (Å²) in [4.78, 5) is 27.1. The van der Waals surface area contributed by atoms with Gasteiger partial charge >= 0.3 is 0 Å². The van der Waals surface area contributed by atoms with Crippen LogP contribution in [-0.2, 0) is 9.59 Å². The molecule has 0 aromatic heterocycles. The average Bonchev–Trinajstić information content (AvgIpc) is 2.78. The molecule has 1 heterocycles. The van der Waals surface area contributed by atoms with Crippen molar-refractivity contribution in [3.05, 3.63) is 60.2 Å². The molecule has 0 radical (unpaired) electrons. The molecule has 154 valence electrons. The highest BCUT2D eigenvalue weighted by Crippen LogP contribution is 2.28. The van der Waals surface area contributed by atoms with Gasteiger partial charge in [0, 0.05) is 18.8 Å². The molecule has 3 rings (SSSR count). The van der Waals surface area contributed by atoms with Crippen molar-refractivity contribution in [2.24, 2.45) is 5.92 Å². The zero-order valence-electron chi connectivity index (χ0n) is 17.3. The molecule has 5 heteroatoms. The van der Waals surface area contributed by atoms with E-state index >= 15 is 0 Å². The van der Waals surface area contributed by atoms with E-state index in [-0.39, 0.29) is 24.3 Å². The highest BCUT2D eigenvalue weighted by Gasteiger charge is 2.28. The van der Waals surface area contributed by atoms with Crippen molar-refractivity contribution in [1.29, 1.82) is 0 Å². The van der Waals surface area contributed by atoms with Crippen molar-refractivity contribution < 1.29 is 14.3 Å². The molecule has 1 N–H and O–H groups in total. The molecule has 2 atom stereocenters. The van der Waals surface area contributed by atoms with Gasteiger partial charge in [-0.1, -0.05) is 50.2 Å². The molecular weight excluding hydrogens is 364 g/mol. The van der Waals surface area contributed by atoms with E-state index in [1.54, 1.807) is 4.90 Å². The molecule has 2 unspecified atom stereocenters. The van der Waals surface area contributed by atoms with Crippen LogP contribution in [0.5, 0.6) is 5.75 Å². The van der Waals surface area contributed by atoms with E-state index in [2.05, 4.69) is 25.2 Å². The summed E-state index contributed by atoms with van der Waals surface area (Å²) in [6, 6.07) is 17.3. The first-order chi connectivity index (χ1) is 14.1. The van der Waals surface area contributed by atoms with Gasteiger partial charge in [0.1, 0.15) is 5.75 Å². The number of ether oxygens (including phenoxy) is 1. The third-order valence-electron chi connectivity index (χ3n) is 5.60. The molecular formula is C24H30N2O3. The number of likely N-dealkylation sites (tertiary alicyclic amines) is 1. The monoisotopic (exact) mass is 394 g/mol. The van der Waals surface area contributed by atoms with Gasteiger partial charge in [0.2, 0.25) is 5.91 Å². The lowest BCUT2D eigenvalue weighted by Crippen LogP contribution is -2.45. The van der Waals surface area contributed by atoms with Crippen LogP contribution < -0.4 is 10.1 Å². The normalized spacial score (nSPS) is 17.4. The van der Waals surface area contributed by atoms with E-state index < -0.39 is 0 Å². The number of carbonyl (C=O) groups excluding carboxylic acids is 2. The van der Waals surface area contributed by atoms with Gasteiger partial charge in [-0.25, -0.2) is 0 Å². The minimum atomic E-state index is -0.194. The molecule has 1 saturated heterocycles. The van der Waals surface area contributed by atoms with E-state index in [4.69, 9.17) is 4.74 Å². The molecule has 0 aliphatic carbocycles. The number of piperidine rings is 1. The Bertz CT molecular complexity index is 822. The van der Waals surface area contributed by atoms with E-state index in [1.165, 1.54) is 0 Å². The molecule has 2 amide bonds. The van der Waals surface area contributed by atoms with Crippen molar-refractivity contribution in [1.82, 2.24) is 4.90 Å². The molecule has 0 saturated carbocycles. The average molecular weight is 395 g/mol. The van der Waals surface area contributed by atoms with Crippen LogP contribution in [0.1, 0.15) is 44.6 Å². The Morgan fingerprint density at radius 2 is 1.86 bits per heavy atom. The maximum atomic E-state index is 12.7. The maximum absolute atomic E-state index is 12.7. The summed E-state index contributed by atoms with van der Waals surface area (Å²) in [5.74, 6) is 0.853. The van der Waals surface area contributed by atoms with E-state index in [9.17, 15) is 9.59 Å². The number of nitrogens with zero attached hydrogens (tertiary/aromatic N) is 1. The summed E-state index contributed by atoms with van der Waals surface area (Å²) in [6.45, 7) is 5.41. The third kappa shape index (κ3) is 5.59. The Labute approximate surface area is 173 Å². The van der Waals surface area contributed by atoms with Crippen LogP contribution in [-0.4, -0.2) is 36.4 Å². The number of carbonyl (C=O) groups is 2. The van der Waals surface area contributed by atoms with Crippen LogP contribution in [0.25, 0.3) is 0 Å². The number of rotatable bonds is 7. The molecule has 5 nitrogen and oxygen atoms in total. The van der Waals surface area contributed by atoms with Crippen molar-refractivity contribution in [3.63, 3.8) is 0 Å². The zero-order chi connectivity index (χ0) is 20.6. The molecule has 2 aromatic rings. The Kier molecular flexibility index (Phi) is 7.28. The predicted octanol–water partition coefficient (Wildman–Crippen LogP) is 4.46. The number of benzene rings is 2. The lowest BCUT2D eigenvalue weighted by atomic mass is 9.97. The van der Waals surface area contributed by atoms with Crippen molar-refractivity contribution in [2.45, 2.75) is 39.0 Å². The first-order valence-electron chi connectivity index (χ1n) is 10.4. The second-order valence-electron chi connectivity index (χ2n) is 7.67. The van der Waals surface area contributed by atoms with Crippen LogP contribution in [0.4, 0.5) is 5.69 Å². The molecule has 0 bridgehead atoms. The van der Waals surface area contributed by atoms with Crippen molar-refractivity contribution in [2.75, 3.05) is 25.0 Å². The second-order valence-corrected chi connectivity index (χ2v) is 7.67. The zero-order valence-corrected chi connectivity index (χ0v) is 17.3. The van der Waals surface area contributed by atoms with Gasteiger partial charge in [-0.3, -0.25) is 9.59 Å². The maximum Gasteiger partial charge on any atom is 0.260 e. The van der Waals surface area contributed by atoms with Crippen LogP contribution in [0, 0.1) is 5.92 Å². The Morgan fingerprint density at radius 1 is 1.14 bits per heavy atom. The molecule has 1 aliphatic heterocycles. The fourth-order valence-electron chi connectivity index (χ4n) is 3.65. The lowest BCUT2D eigenvalue weighted by molar-refractivity contribution is -0.136. The number of amides is 2. The molecule has 1 fully saturated rings. The molecule has 0 spiro atoms. The van der Waals surface area contributed by atoms with Crippen molar-refractivity contribution in [3.8, 4) is 5.75 Å². The van der Waals surface area contributed by atoms with E-state index in [1.807, 2.05) is 48.5 Å².